The molecule has 0 aliphatic heterocycles. The average molecular weight is 485 g/mol. The van der Waals surface area contributed by atoms with Crippen LogP contribution in [0.5, 0.6) is 0 Å². The van der Waals surface area contributed by atoms with E-state index in [4.69, 9.17) is 4.74 Å². The number of ether oxygens (including phenoxy) is 1. The number of hydrogen-bond donors (Lipinski definition) is 1. The van der Waals surface area contributed by atoms with Gasteiger partial charge in [0.25, 0.3) is 0 Å². The van der Waals surface area contributed by atoms with Gasteiger partial charge in [-0.1, -0.05) is 91.0 Å². The Morgan fingerprint density at radius 3 is 2.14 bits per heavy atom. The molecule has 3 aromatic carbocycles. The van der Waals surface area contributed by atoms with Gasteiger partial charge in [-0.15, -0.1) is 11.3 Å². The highest BCUT2D eigenvalue weighted by Crippen LogP contribution is 2.37. The summed E-state index contributed by atoms with van der Waals surface area (Å²) in [6.45, 7) is 2.62. The largest absolute Gasteiger partial charge is 0.462 e. The molecule has 0 fully saturated rings. The lowest BCUT2D eigenvalue weighted by molar-refractivity contribution is -0.121. The Morgan fingerprint density at radius 1 is 0.914 bits per heavy atom. The second-order valence-electron chi connectivity index (χ2n) is 8.14. The second kappa shape index (κ2) is 11.6. The zero-order chi connectivity index (χ0) is 24.6. The molecule has 1 atom stereocenters. The van der Waals surface area contributed by atoms with E-state index in [9.17, 15) is 9.59 Å². The lowest BCUT2D eigenvalue weighted by Gasteiger charge is -2.27. The SMILES string of the molecule is CCOC(=O)c1cc(-c2ccccc2)sc1NC(=O)C(c1ccccc1)N(C)Cc1ccccc1. The topological polar surface area (TPSA) is 58.6 Å². The van der Waals surface area contributed by atoms with Crippen LogP contribution in [-0.4, -0.2) is 30.4 Å². The number of hydrogen-bond acceptors (Lipinski definition) is 5. The van der Waals surface area contributed by atoms with Crippen LogP contribution in [0.25, 0.3) is 10.4 Å². The van der Waals surface area contributed by atoms with Gasteiger partial charge in [-0.3, -0.25) is 9.69 Å². The summed E-state index contributed by atoms with van der Waals surface area (Å²) in [7, 11) is 1.93. The lowest BCUT2D eigenvalue weighted by atomic mass is 10.0. The van der Waals surface area contributed by atoms with E-state index in [-0.39, 0.29) is 12.5 Å². The highest BCUT2D eigenvalue weighted by Gasteiger charge is 2.28. The van der Waals surface area contributed by atoms with Crippen molar-refractivity contribution in [2.75, 3.05) is 19.0 Å². The molecule has 0 bridgehead atoms. The van der Waals surface area contributed by atoms with Crippen LogP contribution in [0.15, 0.2) is 97.1 Å². The molecule has 0 radical (unpaired) electrons. The molecule has 0 spiro atoms. The maximum absolute atomic E-state index is 13.7. The minimum Gasteiger partial charge on any atom is -0.462 e. The molecule has 1 N–H and O–H groups in total. The van der Waals surface area contributed by atoms with Gasteiger partial charge in [0.2, 0.25) is 5.91 Å². The Hall–Kier alpha value is -3.74. The second-order valence-corrected chi connectivity index (χ2v) is 9.20. The van der Waals surface area contributed by atoms with Crippen LogP contribution >= 0.6 is 11.3 Å². The van der Waals surface area contributed by atoms with E-state index in [1.807, 2.05) is 103 Å². The van der Waals surface area contributed by atoms with Crippen LogP contribution in [0.1, 0.15) is 34.5 Å². The van der Waals surface area contributed by atoms with Crippen molar-refractivity contribution in [1.82, 2.24) is 4.90 Å². The maximum Gasteiger partial charge on any atom is 0.341 e. The van der Waals surface area contributed by atoms with Gasteiger partial charge in [0.1, 0.15) is 11.0 Å². The molecule has 0 saturated heterocycles. The Balaban J connectivity index is 1.66. The number of carbonyl (C=O) groups excluding carboxylic acids is 2. The fourth-order valence-electron chi connectivity index (χ4n) is 3.97. The number of amides is 1. The first kappa shape index (κ1) is 24.4. The van der Waals surface area contributed by atoms with Crippen LogP contribution in [0, 0.1) is 0 Å². The van der Waals surface area contributed by atoms with Crippen molar-refractivity contribution < 1.29 is 14.3 Å². The number of carbonyl (C=O) groups is 2. The Bertz CT molecular complexity index is 1260. The molecule has 4 aromatic rings. The lowest BCUT2D eigenvalue weighted by Crippen LogP contribution is -2.34. The summed E-state index contributed by atoms with van der Waals surface area (Å²) >= 11 is 1.37. The molecule has 1 unspecified atom stereocenters. The molecule has 1 aromatic heterocycles. The fraction of sp³-hybridized carbons (Fsp3) is 0.172. The van der Waals surface area contributed by atoms with Crippen molar-refractivity contribution in [3.05, 3.63) is 114 Å². The third-order valence-electron chi connectivity index (χ3n) is 5.60. The Kier molecular flexibility index (Phi) is 8.08. The summed E-state index contributed by atoms with van der Waals surface area (Å²) in [6.07, 6.45) is 0. The van der Waals surface area contributed by atoms with E-state index < -0.39 is 12.0 Å². The monoisotopic (exact) mass is 484 g/mol. The van der Waals surface area contributed by atoms with Crippen LogP contribution in [0.4, 0.5) is 5.00 Å². The Morgan fingerprint density at radius 2 is 1.51 bits per heavy atom. The number of anilines is 1. The summed E-state index contributed by atoms with van der Waals surface area (Å²) in [5.41, 5.74) is 3.32. The van der Waals surface area contributed by atoms with E-state index in [1.165, 1.54) is 11.3 Å². The summed E-state index contributed by atoms with van der Waals surface area (Å²) in [4.78, 5) is 29.4. The maximum atomic E-state index is 13.7. The van der Waals surface area contributed by atoms with E-state index in [0.29, 0.717) is 17.1 Å². The summed E-state index contributed by atoms with van der Waals surface area (Å²) in [5.74, 6) is -0.656. The molecule has 4 rings (SSSR count). The molecular weight excluding hydrogens is 456 g/mol. The number of thiophene rings is 1. The quantitative estimate of drug-likeness (QED) is 0.279. The molecule has 1 heterocycles. The number of esters is 1. The van der Waals surface area contributed by atoms with Crippen LogP contribution in [0.3, 0.4) is 0 Å². The van der Waals surface area contributed by atoms with Crippen molar-refractivity contribution in [3.8, 4) is 10.4 Å². The first-order valence-electron chi connectivity index (χ1n) is 11.5. The van der Waals surface area contributed by atoms with Crippen molar-refractivity contribution >= 4 is 28.2 Å². The minimum absolute atomic E-state index is 0.207. The third-order valence-corrected chi connectivity index (χ3v) is 6.70. The molecule has 35 heavy (non-hydrogen) atoms. The molecule has 6 heteroatoms. The van der Waals surface area contributed by atoms with Crippen molar-refractivity contribution in [2.24, 2.45) is 0 Å². The van der Waals surface area contributed by atoms with Gasteiger partial charge >= 0.3 is 5.97 Å². The van der Waals surface area contributed by atoms with Crippen LogP contribution in [0.2, 0.25) is 0 Å². The van der Waals surface area contributed by atoms with E-state index in [1.54, 1.807) is 13.0 Å². The first-order valence-corrected chi connectivity index (χ1v) is 12.3. The van der Waals surface area contributed by atoms with Crippen molar-refractivity contribution in [2.45, 2.75) is 19.5 Å². The molecule has 178 valence electrons. The van der Waals surface area contributed by atoms with Gasteiger partial charge in [0.15, 0.2) is 0 Å². The smallest absolute Gasteiger partial charge is 0.341 e. The van der Waals surface area contributed by atoms with Gasteiger partial charge in [0, 0.05) is 11.4 Å². The molecule has 0 aliphatic rings. The normalized spacial score (nSPS) is 11.7. The number of benzene rings is 3. The number of rotatable bonds is 9. The summed E-state index contributed by atoms with van der Waals surface area (Å²) in [5, 5.41) is 3.53. The zero-order valence-corrected chi connectivity index (χ0v) is 20.6. The van der Waals surface area contributed by atoms with Crippen LogP contribution in [-0.2, 0) is 16.1 Å². The molecule has 5 nitrogen and oxygen atoms in total. The van der Waals surface area contributed by atoms with Crippen molar-refractivity contribution in [1.29, 1.82) is 0 Å². The molecular formula is C29H28N2O3S. The predicted octanol–water partition coefficient (Wildman–Crippen LogP) is 6.40. The van der Waals surface area contributed by atoms with E-state index in [0.717, 1.165) is 21.6 Å². The first-order chi connectivity index (χ1) is 17.1. The highest BCUT2D eigenvalue weighted by molar-refractivity contribution is 7.20. The number of nitrogens with zero attached hydrogens (tertiary/aromatic N) is 1. The van der Waals surface area contributed by atoms with Gasteiger partial charge in [-0.25, -0.2) is 4.79 Å². The molecule has 1 amide bonds. The average Bonchev–Trinajstić information content (AvgIpc) is 3.30. The zero-order valence-electron chi connectivity index (χ0n) is 19.8. The highest BCUT2D eigenvalue weighted by atomic mass is 32.1. The Labute approximate surface area is 210 Å². The van der Waals surface area contributed by atoms with Crippen LogP contribution < -0.4 is 5.32 Å². The predicted molar refractivity (Wildman–Crippen MR) is 141 cm³/mol. The summed E-state index contributed by atoms with van der Waals surface area (Å²) in [6, 6.07) is 30.7. The molecule has 0 aliphatic carbocycles. The van der Waals surface area contributed by atoms with E-state index in [2.05, 4.69) is 5.32 Å². The van der Waals surface area contributed by atoms with E-state index >= 15 is 0 Å². The minimum atomic E-state index is -0.547. The molecule has 0 saturated carbocycles. The third kappa shape index (κ3) is 6.04. The standard InChI is InChI=1S/C29H28N2O3S/c1-3-34-29(33)24-19-25(22-15-9-5-10-16-22)35-28(24)30-27(32)26(23-17-11-6-12-18-23)31(2)20-21-13-7-4-8-14-21/h4-19,26H,3,20H2,1-2H3,(H,30,32). The summed E-state index contributed by atoms with van der Waals surface area (Å²) < 4.78 is 5.28. The fourth-order valence-corrected chi connectivity index (χ4v) is 5.03. The van der Waals surface area contributed by atoms with Gasteiger partial charge in [-0.2, -0.15) is 0 Å². The number of likely N-dealkylation sites (N-methyl/N-ethyl adjacent to an activating group) is 1. The van der Waals surface area contributed by atoms with Gasteiger partial charge in [-0.05, 0) is 36.7 Å². The van der Waals surface area contributed by atoms with Crippen molar-refractivity contribution in [3.63, 3.8) is 0 Å². The van der Waals surface area contributed by atoms with Gasteiger partial charge < -0.3 is 10.1 Å². The van der Waals surface area contributed by atoms with Gasteiger partial charge in [0.05, 0.1) is 12.2 Å². The number of nitrogens with one attached hydrogen (secondary N) is 1.